The molecule has 14 heteroatoms. The third kappa shape index (κ3) is 10.2. The van der Waals surface area contributed by atoms with E-state index in [1.54, 1.807) is 0 Å². The van der Waals surface area contributed by atoms with Gasteiger partial charge in [0.05, 0.1) is 0 Å². The zero-order valence-electron chi connectivity index (χ0n) is 6.25. The van der Waals surface area contributed by atoms with Crippen molar-refractivity contribution in [2.45, 2.75) is 0 Å². The highest BCUT2D eigenvalue weighted by Crippen LogP contribution is 2.58. The molecule has 11 nitrogen and oxygen atoms in total. The fourth-order valence-electron chi connectivity index (χ4n) is 0.267. The summed E-state index contributed by atoms with van der Waals surface area (Å²) in [5.74, 6) is 0. The highest BCUT2D eigenvalue weighted by molar-refractivity contribution is 7.86. The summed E-state index contributed by atoms with van der Waals surface area (Å²) in [4.78, 5) is 24.2. The van der Waals surface area contributed by atoms with Crippen molar-refractivity contribution in [1.82, 2.24) is 6.15 Å². The smallest absolute Gasteiger partial charge is 0.344 e. The Kier molecular flexibility index (Phi) is 5.64. The Morgan fingerprint density at radius 2 is 1.43 bits per heavy atom. The zero-order chi connectivity index (χ0) is 10.9. The first-order valence-electron chi connectivity index (χ1n) is 2.20. The second kappa shape index (κ2) is 4.77. The molecule has 0 aromatic rings. The summed E-state index contributed by atoms with van der Waals surface area (Å²) in [6.07, 6.45) is 0. The van der Waals surface area contributed by atoms with Crippen LogP contribution in [0.1, 0.15) is 0 Å². The average Bonchev–Trinajstić information content (AvgIpc) is 1.43. The van der Waals surface area contributed by atoms with Gasteiger partial charge in [0.15, 0.2) is 0 Å². The van der Waals surface area contributed by atoms with Crippen LogP contribution >= 0.6 is 15.6 Å². The molecule has 0 saturated carbocycles. The van der Waals surface area contributed by atoms with Crippen molar-refractivity contribution in [2.24, 2.45) is 0 Å². The van der Waals surface area contributed by atoms with Crippen molar-refractivity contribution in [3.05, 3.63) is 0 Å². The van der Waals surface area contributed by atoms with Gasteiger partial charge in [0.1, 0.15) is 0 Å². The first-order valence-corrected chi connectivity index (χ1v) is 6.59. The van der Waals surface area contributed by atoms with Gasteiger partial charge in [-0.25, -0.2) is 9.13 Å². The van der Waals surface area contributed by atoms with E-state index in [9.17, 15) is 17.5 Å². The minimum absolute atomic E-state index is 0. The zero-order valence-corrected chi connectivity index (χ0v) is 8.85. The van der Waals surface area contributed by atoms with Gasteiger partial charge in [0, 0.05) is 0 Å². The predicted octanol–water partition coefficient (Wildman–Crippen LogP) is -0.823. The quantitative estimate of drug-likeness (QED) is 0.316. The molecule has 0 radical (unpaired) electrons. The van der Waals surface area contributed by atoms with E-state index >= 15 is 0 Å². The van der Waals surface area contributed by atoms with Gasteiger partial charge >= 0.3 is 26.0 Å². The van der Waals surface area contributed by atoms with Gasteiger partial charge in [-0.05, 0) is 0 Å². The second-order valence-electron chi connectivity index (χ2n) is 1.54. The van der Waals surface area contributed by atoms with Crippen molar-refractivity contribution in [1.29, 1.82) is 0 Å². The monoisotopic (exact) mass is 275 g/mol. The van der Waals surface area contributed by atoms with Gasteiger partial charge < -0.3 is 20.8 Å². The topological polar surface area (TPSA) is 203 Å². The molecule has 7 N–H and O–H groups in total. The number of phosphoric acid groups is 2. The Balaban J connectivity index is 0. The van der Waals surface area contributed by atoms with Gasteiger partial charge in [-0.3, -0.25) is 4.55 Å². The van der Waals surface area contributed by atoms with E-state index in [0.717, 1.165) is 0 Å². The molecule has 88 valence electrons. The molecule has 14 heavy (non-hydrogen) atoms. The molecule has 1 atom stereocenters. The van der Waals surface area contributed by atoms with Crippen molar-refractivity contribution in [2.75, 3.05) is 0 Å². The normalized spacial score (nSPS) is 16.9. The van der Waals surface area contributed by atoms with Crippen LogP contribution in [0, 0.1) is 0 Å². The van der Waals surface area contributed by atoms with Gasteiger partial charge in [-0.1, -0.05) is 0 Å². The Morgan fingerprint density at radius 1 is 1.07 bits per heavy atom. The minimum Gasteiger partial charge on any atom is -0.344 e. The summed E-state index contributed by atoms with van der Waals surface area (Å²) in [7, 11) is -16.3. The van der Waals surface area contributed by atoms with Crippen LogP contribution in [0.5, 0.6) is 0 Å². The lowest BCUT2D eigenvalue weighted by Gasteiger charge is -2.08. The van der Waals surface area contributed by atoms with Gasteiger partial charge in [-0.2, -0.15) is 12.7 Å². The highest BCUT2D eigenvalue weighted by Gasteiger charge is 2.36. The first-order chi connectivity index (χ1) is 5.41. The molecule has 0 aromatic carbocycles. The Hall–Kier alpha value is 0.130. The minimum atomic E-state index is -5.54. The molecule has 0 aliphatic carbocycles. The van der Waals surface area contributed by atoms with E-state index in [-0.39, 0.29) is 6.15 Å². The molecule has 0 bridgehead atoms. The van der Waals surface area contributed by atoms with Crippen LogP contribution < -0.4 is 6.15 Å². The van der Waals surface area contributed by atoms with E-state index in [1.807, 2.05) is 0 Å². The Morgan fingerprint density at radius 3 is 1.64 bits per heavy atom. The lowest BCUT2D eigenvalue weighted by molar-refractivity contribution is 0.225. The summed E-state index contributed by atoms with van der Waals surface area (Å²) in [6, 6.07) is 0. The van der Waals surface area contributed by atoms with E-state index in [4.69, 9.17) is 19.2 Å². The van der Waals surface area contributed by atoms with E-state index in [0.29, 0.717) is 0 Å². The van der Waals surface area contributed by atoms with Crippen LogP contribution in [0.2, 0.25) is 0 Å². The lowest BCUT2D eigenvalue weighted by Crippen LogP contribution is -2.02. The summed E-state index contributed by atoms with van der Waals surface area (Å²) in [5, 5.41) is 0. The summed E-state index contributed by atoms with van der Waals surface area (Å²) in [5.41, 5.74) is 0. The highest BCUT2D eigenvalue weighted by atomic mass is 32.3. The molecular formula is H7NO10P2S. The summed E-state index contributed by atoms with van der Waals surface area (Å²) in [6.45, 7) is 0. The second-order valence-corrected chi connectivity index (χ2v) is 5.57. The number of rotatable bonds is 4. The van der Waals surface area contributed by atoms with Gasteiger partial charge in [-0.15, -0.1) is 3.97 Å². The van der Waals surface area contributed by atoms with Crippen molar-refractivity contribution >= 4 is 26.0 Å². The van der Waals surface area contributed by atoms with Crippen molar-refractivity contribution < 1.29 is 45.1 Å². The largest absolute Gasteiger partial charge is 0.497 e. The maximum atomic E-state index is 10.3. The summed E-state index contributed by atoms with van der Waals surface area (Å²) < 4.78 is 53.6. The van der Waals surface area contributed by atoms with Crippen molar-refractivity contribution in [3.8, 4) is 0 Å². The fraction of sp³-hybridized carbons (Fsp3) is 0. The summed E-state index contributed by atoms with van der Waals surface area (Å²) >= 11 is 0. The molecule has 0 aliphatic rings. The van der Waals surface area contributed by atoms with Crippen LogP contribution in [0.4, 0.5) is 0 Å². The first kappa shape index (κ1) is 16.6. The van der Waals surface area contributed by atoms with Crippen LogP contribution in [-0.2, 0) is 27.8 Å². The number of hydrogen-bond donors (Lipinski definition) is 5. The van der Waals surface area contributed by atoms with Crippen LogP contribution in [-0.4, -0.2) is 27.7 Å². The Labute approximate surface area is 78.1 Å². The third-order valence-corrected chi connectivity index (χ3v) is 3.58. The van der Waals surface area contributed by atoms with Crippen LogP contribution in [0.3, 0.4) is 0 Å². The molecule has 1 unspecified atom stereocenters. The Bertz CT molecular complexity index is 360. The fourth-order valence-corrected chi connectivity index (χ4v) is 2.65. The van der Waals surface area contributed by atoms with Crippen LogP contribution in [0.15, 0.2) is 0 Å². The van der Waals surface area contributed by atoms with E-state index < -0.39 is 26.0 Å². The SMILES string of the molecule is N.O=P(O)(O)OP(=O)(O)OS(=O)(=O)O. The molecule has 0 aliphatic heterocycles. The van der Waals surface area contributed by atoms with E-state index in [2.05, 4.69) is 8.28 Å². The third-order valence-electron chi connectivity index (χ3n) is 0.398. The lowest BCUT2D eigenvalue weighted by atomic mass is 14.0. The van der Waals surface area contributed by atoms with Crippen molar-refractivity contribution in [3.63, 3.8) is 0 Å². The van der Waals surface area contributed by atoms with Gasteiger partial charge in [0.25, 0.3) is 0 Å². The molecule has 0 fully saturated rings. The molecular weight excluding hydrogens is 268 g/mol. The molecule has 0 saturated heterocycles. The van der Waals surface area contributed by atoms with Gasteiger partial charge in [0.2, 0.25) is 0 Å². The maximum absolute atomic E-state index is 10.3. The molecule has 0 heterocycles. The number of hydrogen-bond acceptors (Lipinski definition) is 7. The van der Waals surface area contributed by atoms with Crippen LogP contribution in [0.25, 0.3) is 0 Å². The standard InChI is InChI=1S/H3N.H4O10P2S/c;1-11(2,3)9-12(4,5)10-13(6,7)8/h1H3;(H,4,5)(H2,1,2,3)(H,6,7,8). The average molecular weight is 275 g/mol. The molecule has 0 spiro atoms. The van der Waals surface area contributed by atoms with E-state index in [1.165, 1.54) is 0 Å². The molecule has 0 rings (SSSR count). The predicted molar refractivity (Wildman–Crippen MR) is 40.6 cm³/mol. The maximum Gasteiger partial charge on any atom is 0.497 e. The molecule has 0 amide bonds. The molecule has 0 aromatic heterocycles.